The van der Waals surface area contributed by atoms with Gasteiger partial charge in [0.15, 0.2) is 4.71 Å². The summed E-state index contributed by atoms with van der Waals surface area (Å²) in [5.41, 5.74) is 0. The third kappa shape index (κ3) is 1.72. The average molecular weight is 179 g/mol. The van der Waals surface area contributed by atoms with Crippen LogP contribution < -0.4 is 0 Å². The predicted molar refractivity (Wildman–Crippen MR) is 47.4 cm³/mol. The smallest absolute Gasteiger partial charge is 0.165 e. The largest absolute Gasteiger partial charge is 0.214 e. The molecule has 1 rings (SSSR count). The zero-order chi connectivity index (χ0) is 6.85. The number of hydrazone groups is 1. The zero-order valence-electron chi connectivity index (χ0n) is 5.20. The molecule has 2 nitrogen and oxygen atoms in total. The summed E-state index contributed by atoms with van der Waals surface area (Å²) in [7, 11) is 0. The second-order valence-electron chi connectivity index (χ2n) is 1.53. The van der Waals surface area contributed by atoms with Crippen molar-refractivity contribution in [2.75, 3.05) is 6.26 Å². The third-order valence-corrected chi connectivity index (χ3v) is 3.12. The molecule has 1 atom stereocenters. The first kappa shape index (κ1) is 7.63. The summed E-state index contributed by atoms with van der Waals surface area (Å²) in [6.45, 7) is 1.97. The van der Waals surface area contributed by atoms with Gasteiger partial charge in [0.2, 0.25) is 0 Å². The summed E-state index contributed by atoms with van der Waals surface area (Å²) >= 11 is 8.24. The lowest BCUT2D eigenvalue weighted by atomic mass is 10.9. The zero-order valence-corrected chi connectivity index (χ0v) is 7.65. The maximum Gasteiger partial charge on any atom is 0.165 e. The second-order valence-corrected chi connectivity index (χ2v) is 4.29. The second kappa shape index (κ2) is 3.07. The Morgan fingerprint density at radius 3 is 2.78 bits per heavy atom. The summed E-state index contributed by atoms with van der Waals surface area (Å²) in [6.07, 6.45) is 1.97. The van der Waals surface area contributed by atoms with Gasteiger partial charge in [0.05, 0.1) is 5.04 Å². The van der Waals surface area contributed by atoms with Gasteiger partial charge in [-0.15, -0.1) is 0 Å². The molecule has 1 aliphatic heterocycles. The molecule has 0 aromatic heterocycles. The molecule has 51 valence electrons. The van der Waals surface area contributed by atoms with Crippen LogP contribution in [0.4, 0.5) is 0 Å². The van der Waals surface area contributed by atoms with Crippen LogP contribution in [0.15, 0.2) is 5.10 Å². The lowest BCUT2D eigenvalue weighted by molar-refractivity contribution is 0.582. The van der Waals surface area contributed by atoms with Crippen LogP contribution in [0.2, 0.25) is 0 Å². The van der Waals surface area contributed by atoms with Crippen molar-refractivity contribution in [1.29, 1.82) is 0 Å². The van der Waals surface area contributed by atoms with Gasteiger partial charge in [0, 0.05) is 6.26 Å². The average Bonchev–Trinajstić information content (AvgIpc) is 2.10. The van der Waals surface area contributed by atoms with Gasteiger partial charge in [-0.2, -0.15) is 5.10 Å². The monoisotopic (exact) mass is 179 g/mol. The van der Waals surface area contributed by atoms with Crippen LogP contribution in [0.3, 0.4) is 0 Å². The molecule has 1 radical (unpaired) electrons. The molecular weight excluding hydrogens is 172 g/mol. The molecule has 5 heteroatoms. The van der Waals surface area contributed by atoms with Crippen LogP contribution in [0.25, 0.3) is 0 Å². The molecule has 0 bridgehead atoms. The van der Waals surface area contributed by atoms with E-state index in [4.69, 9.17) is 12.6 Å². The molecule has 9 heavy (non-hydrogen) atoms. The molecule has 0 N–H and O–H groups in total. The normalized spacial score (nSPS) is 26.8. The SMILES string of the molecule is CSN1N=C(C)SC1[S]. The maximum absolute atomic E-state index is 5.05. The quantitative estimate of drug-likeness (QED) is 0.573. The minimum absolute atomic E-state index is 0.0972. The molecule has 1 heterocycles. The minimum atomic E-state index is 0.0972. The molecule has 0 fully saturated rings. The number of thioether (sulfide) groups is 1. The van der Waals surface area contributed by atoms with Gasteiger partial charge in [0.25, 0.3) is 0 Å². The fraction of sp³-hybridized carbons (Fsp3) is 0.750. The summed E-state index contributed by atoms with van der Waals surface area (Å²) < 4.78 is 1.93. The van der Waals surface area contributed by atoms with Crippen LogP contribution >= 0.6 is 36.3 Å². The van der Waals surface area contributed by atoms with Crippen LogP contribution in [0, 0.1) is 0 Å². The van der Waals surface area contributed by atoms with E-state index in [1.807, 2.05) is 17.6 Å². The van der Waals surface area contributed by atoms with E-state index in [2.05, 4.69) is 5.10 Å². The summed E-state index contributed by atoms with van der Waals surface area (Å²) in [5.74, 6) is 0. The van der Waals surface area contributed by atoms with Crippen LogP contribution in [0.1, 0.15) is 6.92 Å². The van der Waals surface area contributed by atoms with Gasteiger partial charge in [0.1, 0.15) is 0 Å². The van der Waals surface area contributed by atoms with E-state index in [1.54, 1.807) is 23.7 Å². The van der Waals surface area contributed by atoms with Gasteiger partial charge in [-0.3, -0.25) is 0 Å². The lowest BCUT2D eigenvalue weighted by Crippen LogP contribution is -2.08. The Bertz CT molecular complexity index is 136. The molecule has 0 saturated carbocycles. The molecule has 0 amide bonds. The highest BCUT2D eigenvalue weighted by Crippen LogP contribution is 2.32. The molecule has 0 spiro atoms. The lowest BCUT2D eigenvalue weighted by Gasteiger charge is -2.11. The molecule has 0 saturated heterocycles. The van der Waals surface area contributed by atoms with E-state index in [9.17, 15) is 0 Å². The van der Waals surface area contributed by atoms with E-state index in [0.717, 1.165) is 5.04 Å². The van der Waals surface area contributed by atoms with Crippen molar-refractivity contribution in [3.8, 4) is 0 Å². The fourth-order valence-electron chi connectivity index (χ4n) is 0.527. The number of hydrogen-bond acceptors (Lipinski definition) is 4. The highest BCUT2D eigenvalue weighted by molar-refractivity contribution is 8.22. The van der Waals surface area contributed by atoms with Crippen LogP contribution in [-0.4, -0.2) is 20.4 Å². The van der Waals surface area contributed by atoms with Gasteiger partial charge in [-0.05, 0) is 18.9 Å². The Hall–Kier alpha value is 0.520. The fourth-order valence-corrected chi connectivity index (χ4v) is 2.63. The molecule has 0 aliphatic carbocycles. The highest BCUT2D eigenvalue weighted by atomic mass is 32.2. The first-order valence-corrected chi connectivity index (χ1v) is 4.98. The summed E-state index contributed by atoms with van der Waals surface area (Å²) in [5, 5.41) is 5.22. The van der Waals surface area contributed by atoms with E-state index in [0.29, 0.717) is 0 Å². The Kier molecular flexibility index (Phi) is 2.60. The molecule has 1 unspecified atom stereocenters. The molecule has 1 aliphatic rings. The van der Waals surface area contributed by atoms with Gasteiger partial charge >= 0.3 is 0 Å². The first-order chi connectivity index (χ1) is 4.24. The third-order valence-electron chi connectivity index (χ3n) is 0.878. The van der Waals surface area contributed by atoms with Crippen molar-refractivity contribution < 1.29 is 0 Å². The Morgan fingerprint density at radius 1 is 1.89 bits per heavy atom. The van der Waals surface area contributed by atoms with Crippen molar-refractivity contribution in [1.82, 2.24) is 4.41 Å². The Balaban J connectivity index is 2.53. The Morgan fingerprint density at radius 2 is 2.56 bits per heavy atom. The first-order valence-electron chi connectivity index (χ1n) is 2.45. The van der Waals surface area contributed by atoms with Crippen molar-refractivity contribution >= 4 is 41.4 Å². The van der Waals surface area contributed by atoms with E-state index >= 15 is 0 Å². The Labute approximate surface area is 69.0 Å². The highest BCUT2D eigenvalue weighted by Gasteiger charge is 2.20. The number of nitrogens with zero attached hydrogens (tertiary/aromatic N) is 2. The standard InChI is InChI=1S/C4H7N2S3/c1-3-5-6(8-2)4(7)9-3/h4H,1-2H3. The molecule has 0 aromatic rings. The summed E-state index contributed by atoms with van der Waals surface area (Å²) in [6, 6.07) is 0. The minimum Gasteiger partial charge on any atom is -0.214 e. The molecule has 0 aromatic carbocycles. The predicted octanol–water partition coefficient (Wildman–Crippen LogP) is 2.13. The summed E-state index contributed by atoms with van der Waals surface area (Å²) in [4.78, 5) is 0. The van der Waals surface area contributed by atoms with Gasteiger partial charge in [-0.25, -0.2) is 4.41 Å². The number of rotatable bonds is 1. The van der Waals surface area contributed by atoms with Crippen molar-refractivity contribution in [2.24, 2.45) is 5.10 Å². The molecular formula is C4H7N2S3. The van der Waals surface area contributed by atoms with E-state index in [-0.39, 0.29) is 4.71 Å². The van der Waals surface area contributed by atoms with Gasteiger partial charge in [-0.1, -0.05) is 24.4 Å². The van der Waals surface area contributed by atoms with Crippen molar-refractivity contribution in [3.63, 3.8) is 0 Å². The van der Waals surface area contributed by atoms with Gasteiger partial charge < -0.3 is 0 Å². The van der Waals surface area contributed by atoms with E-state index < -0.39 is 0 Å². The van der Waals surface area contributed by atoms with Crippen LogP contribution in [0.5, 0.6) is 0 Å². The van der Waals surface area contributed by atoms with Crippen LogP contribution in [-0.2, 0) is 0 Å². The number of hydrogen-bond donors (Lipinski definition) is 0. The van der Waals surface area contributed by atoms with Crippen molar-refractivity contribution in [3.05, 3.63) is 0 Å². The van der Waals surface area contributed by atoms with Crippen molar-refractivity contribution in [2.45, 2.75) is 11.6 Å². The topological polar surface area (TPSA) is 15.6 Å². The van der Waals surface area contributed by atoms with E-state index in [1.165, 1.54) is 0 Å². The maximum atomic E-state index is 5.05.